The van der Waals surface area contributed by atoms with E-state index in [1.54, 1.807) is 0 Å². The molecule has 0 aliphatic rings. The summed E-state index contributed by atoms with van der Waals surface area (Å²) in [7, 11) is 0. The molecule has 0 spiro atoms. The summed E-state index contributed by atoms with van der Waals surface area (Å²) in [5.74, 6) is 0.993. The molecule has 0 bridgehead atoms. The first kappa shape index (κ1) is 40.6. The van der Waals surface area contributed by atoms with Gasteiger partial charge in [-0.1, -0.05) is 177 Å². The predicted octanol–water partition coefficient (Wildman–Crippen LogP) is 14.8. The van der Waals surface area contributed by atoms with Crippen LogP contribution in [0.2, 0.25) is 0 Å². The fourth-order valence-electron chi connectivity index (χ4n) is 7.97. The van der Waals surface area contributed by atoms with Crippen LogP contribution in [0.3, 0.4) is 0 Å². The van der Waals surface area contributed by atoms with Crippen molar-refractivity contribution in [3.05, 3.63) is 96.1 Å². The first-order chi connectivity index (χ1) is 27.5. The number of ether oxygens (including phenoxy) is 4. The van der Waals surface area contributed by atoms with Crippen LogP contribution in [-0.2, 0) is 22.3 Å². The van der Waals surface area contributed by atoms with Crippen molar-refractivity contribution in [3.8, 4) is 22.6 Å². The van der Waals surface area contributed by atoms with Crippen LogP contribution in [0.4, 0.5) is 9.59 Å². The van der Waals surface area contributed by atoms with Gasteiger partial charge in [0.2, 0.25) is 0 Å². The highest BCUT2D eigenvalue weighted by Gasteiger charge is 2.25. The van der Waals surface area contributed by atoms with E-state index in [4.69, 9.17) is 18.9 Å². The Morgan fingerprint density at radius 1 is 0.411 bits per heavy atom. The van der Waals surface area contributed by atoms with E-state index in [9.17, 15) is 9.59 Å². The molecule has 0 amide bonds. The Kier molecular flexibility index (Phi) is 14.6. The van der Waals surface area contributed by atoms with E-state index in [-0.39, 0.29) is 0 Å². The largest absolute Gasteiger partial charge is 0.513 e. The fraction of sp³-hybridized carbons (Fsp3) is 0.400. The Hall–Kier alpha value is -5.10. The Bertz CT molecular complexity index is 2110. The third-order valence-electron chi connectivity index (χ3n) is 10.7. The number of carbonyl (C=O) groups excluding carboxylic acids is 2. The molecule has 294 valence electrons. The number of carbonyl (C=O) groups is 2. The normalized spacial score (nSPS) is 11.4. The van der Waals surface area contributed by atoms with Gasteiger partial charge in [-0.05, 0) is 69.5 Å². The molecule has 0 aliphatic carbocycles. The highest BCUT2D eigenvalue weighted by atomic mass is 16.7. The van der Waals surface area contributed by atoms with Crippen molar-refractivity contribution in [3.63, 3.8) is 0 Å². The molecule has 0 saturated carbocycles. The minimum Gasteiger partial charge on any atom is -0.434 e. The number of unbranched alkanes of at least 4 members (excludes halogenated alkanes) is 8. The number of hydrogen-bond acceptors (Lipinski definition) is 6. The number of hydrogen-bond donors (Lipinski definition) is 0. The first-order valence-electron chi connectivity index (χ1n) is 21.1. The van der Waals surface area contributed by atoms with Gasteiger partial charge in [0.25, 0.3) is 0 Å². The molecule has 0 aliphatic heterocycles. The van der Waals surface area contributed by atoms with Crippen LogP contribution in [-0.4, -0.2) is 25.5 Å². The van der Waals surface area contributed by atoms with Crippen molar-refractivity contribution >= 4 is 55.4 Å². The zero-order chi connectivity index (χ0) is 39.3. The van der Waals surface area contributed by atoms with Gasteiger partial charge in [0.1, 0.15) is 11.5 Å². The van der Waals surface area contributed by atoms with Gasteiger partial charge in [0.15, 0.2) is 0 Å². The number of rotatable bonds is 19. The van der Waals surface area contributed by atoms with Crippen LogP contribution < -0.4 is 9.47 Å². The molecule has 6 rings (SSSR count). The molecule has 6 heteroatoms. The maximum absolute atomic E-state index is 13.3. The molecule has 0 N–H and O–H groups in total. The van der Waals surface area contributed by atoms with E-state index in [2.05, 4.69) is 76.2 Å². The van der Waals surface area contributed by atoms with Crippen molar-refractivity contribution in [2.75, 3.05) is 13.2 Å². The van der Waals surface area contributed by atoms with Crippen LogP contribution in [0.5, 0.6) is 11.5 Å². The second-order valence-electron chi connectivity index (χ2n) is 15.0. The number of aryl methyl sites for hydroxylation is 2. The zero-order valence-corrected chi connectivity index (χ0v) is 33.8. The monoisotopic (exact) mass is 754 g/mol. The van der Waals surface area contributed by atoms with Crippen molar-refractivity contribution < 1.29 is 28.5 Å². The lowest BCUT2D eigenvalue weighted by atomic mass is 9.84. The SMILES string of the molecule is CCCCCCCOC(=O)Oc1c2ccccc2c(-c2c3ccccc3c(OC(=O)OCCCCCCC)c3ccc(CCC)cc23)c2cc(CCC)ccc12. The van der Waals surface area contributed by atoms with E-state index in [0.29, 0.717) is 24.7 Å². The van der Waals surface area contributed by atoms with Gasteiger partial charge in [0, 0.05) is 21.5 Å². The van der Waals surface area contributed by atoms with Crippen LogP contribution in [0.15, 0.2) is 84.9 Å². The number of benzene rings is 6. The Labute approximate surface area is 332 Å². The molecule has 6 nitrogen and oxygen atoms in total. The van der Waals surface area contributed by atoms with Crippen LogP contribution >= 0.6 is 0 Å². The van der Waals surface area contributed by atoms with Crippen LogP contribution in [0.25, 0.3) is 54.2 Å². The summed E-state index contributed by atoms with van der Waals surface area (Å²) in [4.78, 5) is 26.6. The molecule has 0 saturated heterocycles. The summed E-state index contributed by atoms with van der Waals surface area (Å²) >= 11 is 0. The molecule has 0 atom stereocenters. The molecule has 6 aromatic carbocycles. The summed E-state index contributed by atoms with van der Waals surface area (Å²) < 4.78 is 23.6. The minimum atomic E-state index is -0.688. The van der Waals surface area contributed by atoms with Crippen LogP contribution in [0, 0.1) is 0 Å². The van der Waals surface area contributed by atoms with Gasteiger partial charge in [-0.15, -0.1) is 0 Å². The molecular weight excluding hydrogens is 697 g/mol. The van der Waals surface area contributed by atoms with E-state index in [0.717, 1.165) is 131 Å². The summed E-state index contributed by atoms with van der Waals surface area (Å²) in [6.07, 6.45) is 13.1. The molecule has 0 aromatic heterocycles. The molecule has 0 radical (unpaired) electrons. The van der Waals surface area contributed by atoms with E-state index in [1.807, 2.05) is 36.4 Å². The third kappa shape index (κ3) is 9.46. The lowest BCUT2D eigenvalue weighted by molar-refractivity contribution is 0.0972. The van der Waals surface area contributed by atoms with E-state index >= 15 is 0 Å². The second kappa shape index (κ2) is 20.2. The Morgan fingerprint density at radius 2 is 0.786 bits per heavy atom. The highest BCUT2D eigenvalue weighted by molar-refractivity contribution is 6.27. The Morgan fingerprint density at radius 3 is 1.18 bits per heavy atom. The van der Waals surface area contributed by atoms with E-state index in [1.165, 1.54) is 24.0 Å². The topological polar surface area (TPSA) is 71.1 Å². The van der Waals surface area contributed by atoms with Gasteiger partial charge in [0.05, 0.1) is 13.2 Å². The average molecular weight is 755 g/mol. The van der Waals surface area contributed by atoms with Crippen molar-refractivity contribution in [2.45, 2.75) is 118 Å². The molecule has 56 heavy (non-hydrogen) atoms. The summed E-state index contributed by atoms with van der Waals surface area (Å²) in [6, 6.07) is 29.3. The van der Waals surface area contributed by atoms with Crippen molar-refractivity contribution in [1.29, 1.82) is 0 Å². The lowest BCUT2D eigenvalue weighted by Gasteiger charge is -2.22. The first-order valence-corrected chi connectivity index (χ1v) is 21.1. The summed E-state index contributed by atoms with van der Waals surface area (Å²) in [5, 5.41) is 7.21. The molecular formula is C50H58O6. The highest BCUT2D eigenvalue weighted by Crippen LogP contribution is 2.50. The van der Waals surface area contributed by atoms with Crippen molar-refractivity contribution in [2.24, 2.45) is 0 Å². The maximum Gasteiger partial charge on any atom is 0.513 e. The van der Waals surface area contributed by atoms with Gasteiger partial charge in [-0.25, -0.2) is 9.59 Å². The smallest absolute Gasteiger partial charge is 0.434 e. The summed E-state index contributed by atoms with van der Waals surface area (Å²) in [6.45, 7) is 9.41. The predicted molar refractivity (Wildman–Crippen MR) is 231 cm³/mol. The summed E-state index contributed by atoms with van der Waals surface area (Å²) in [5.41, 5.74) is 4.49. The van der Waals surface area contributed by atoms with E-state index < -0.39 is 12.3 Å². The number of fused-ring (bicyclic) bond motifs is 4. The quantitative estimate of drug-likeness (QED) is 0.0355. The average Bonchev–Trinajstić information content (AvgIpc) is 3.21. The molecule has 0 heterocycles. The minimum absolute atomic E-state index is 0.330. The lowest BCUT2D eigenvalue weighted by Crippen LogP contribution is -2.12. The third-order valence-corrected chi connectivity index (χ3v) is 10.7. The van der Waals surface area contributed by atoms with Crippen molar-refractivity contribution in [1.82, 2.24) is 0 Å². The van der Waals surface area contributed by atoms with Crippen LogP contribution in [0.1, 0.15) is 116 Å². The molecule has 6 aromatic rings. The van der Waals surface area contributed by atoms with Gasteiger partial charge >= 0.3 is 12.3 Å². The molecule has 0 fully saturated rings. The van der Waals surface area contributed by atoms with Gasteiger partial charge < -0.3 is 18.9 Å². The Balaban J connectivity index is 1.54. The van der Waals surface area contributed by atoms with Gasteiger partial charge in [-0.3, -0.25) is 0 Å². The standard InChI is InChI=1S/C50H58O6/c1-5-9-11-13-19-31-53-49(51)55-47-39-25-17-15-23-37(39)45(43-33-35(21-7-3)27-29-41(43)47)46-38-24-16-18-26-40(38)48(42-30-28-36(22-8-4)34-44(42)46)56-50(52)54-32-20-14-12-10-6-2/h15-18,23-30,33-34H,5-14,19-22,31-32H2,1-4H3. The second-order valence-corrected chi connectivity index (χ2v) is 15.0. The molecule has 0 unspecified atom stereocenters. The fourth-order valence-corrected chi connectivity index (χ4v) is 7.97. The maximum atomic E-state index is 13.3. The van der Waals surface area contributed by atoms with Gasteiger partial charge in [-0.2, -0.15) is 0 Å². The zero-order valence-electron chi connectivity index (χ0n) is 33.8.